The summed E-state index contributed by atoms with van der Waals surface area (Å²) in [4.78, 5) is 20.3. The fourth-order valence-electron chi connectivity index (χ4n) is 2.00. The van der Waals surface area contributed by atoms with Gasteiger partial charge in [0, 0.05) is 38.3 Å². The molecule has 0 radical (unpaired) electrons. The van der Waals surface area contributed by atoms with Crippen LogP contribution >= 0.6 is 11.3 Å². The second kappa shape index (κ2) is 5.03. The van der Waals surface area contributed by atoms with Crippen LogP contribution in [-0.2, 0) is 6.42 Å². The van der Waals surface area contributed by atoms with Gasteiger partial charge in [-0.15, -0.1) is 11.3 Å². The minimum absolute atomic E-state index is 0.518. The number of carbonyl (C=O) groups excluding carboxylic acids is 1. The van der Waals surface area contributed by atoms with Gasteiger partial charge in [0.05, 0.1) is 9.88 Å². The average molecular weight is 239 g/mol. The van der Waals surface area contributed by atoms with Crippen LogP contribution in [0.1, 0.15) is 14.7 Å². The molecule has 4 nitrogen and oxygen atoms in total. The number of hydrogen-bond donors (Lipinski definition) is 0. The third kappa shape index (κ3) is 2.66. The molecule has 16 heavy (non-hydrogen) atoms. The number of carbonyl (C=O) groups is 1. The molecule has 1 aliphatic heterocycles. The molecule has 0 aliphatic carbocycles. The van der Waals surface area contributed by atoms with Crippen molar-refractivity contribution in [3.63, 3.8) is 0 Å². The van der Waals surface area contributed by atoms with E-state index < -0.39 is 0 Å². The summed E-state index contributed by atoms with van der Waals surface area (Å²) >= 11 is 1.51. The van der Waals surface area contributed by atoms with Crippen molar-refractivity contribution in [3.05, 3.63) is 16.1 Å². The van der Waals surface area contributed by atoms with Crippen LogP contribution in [0.4, 0.5) is 0 Å². The summed E-state index contributed by atoms with van der Waals surface area (Å²) in [5, 5.41) is 1.06. The highest BCUT2D eigenvalue weighted by Crippen LogP contribution is 2.16. The van der Waals surface area contributed by atoms with Crippen molar-refractivity contribution >= 4 is 17.6 Å². The molecule has 0 spiro atoms. The van der Waals surface area contributed by atoms with Gasteiger partial charge >= 0.3 is 0 Å². The van der Waals surface area contributed by atoms with Crippen molar-refractivity contribution in [1.29, 1.82) is 0 Å². The SMILES string of the molecule is CN1CCN(C)C(Cc2ncc(C=O)s2)C1. The number of rotatable bonds is 3. The van der Waals surface area contributed by atoms with Crippen molar-refractivity contribution in [3.8, 4) is 0 Å². The van der Waals surface area contributed by atoms with E-state index in [0.29, 0.717) is 6.04 Å². The lowest BCUT2D eigenvalue weighted by molar-refractivity contribution is 0.112. The van der Waals surface area contributed by atoms with Crippen LogP contribution in [0.15, 0.2) is 6.20 Å². The number of piperazine rings is 1. The van der Waals surface area contributed by atoms with E-state index in [1.165, 1.54) is 11.3 Å². The van der Waals surface area contributed by atoms with Crippen LogP contribution in [0.5, 0.6) is 0 Å². The zero-order valence-corrected chi connectivity index (χ0v) is 10.5. The zero-order valence-electron chi connectivity index (χ0n) is 9.72. The predicted octanol–water partition coefficient (Wildman–Crippen LogP) is 0.744. The summed E-state index contributed by atoms with van der Waals surface area (Å²) in [5.41, 5.74) is 0. The van der Waals surface area contributed by atoms with Gasteiger partial charge in [-0.3, -0.25) is 4.79 Å². The van der Waals surface area contributed by atoms with Gasteiger partial charge in [-0.25, -0.2) is 4.98 Å². The van der Waals surface area contributed by atoms with Crippen LogP contribution in [0.3, 0.4) is 0 Å². The van der Waals surface area contributed by atoms with Crippen molar-refractivity contribution in [2.75, 3.05) is 33.7 Å². The van der Waals surface area contributed by atoms with Crippen LogP contribution in [0.25, 0.3) is 0 Å². The molecule has 1 aliphatic rings. The van der Waals surface area contributed by atoms with E-state index in [-0.39, 0.29) is 0 Å². The first-order valence-corrected chi connectivity index (χ1v) is 6.29. The topological polar surface area (TPSA) is 36.4 Å². The molecule has 0 N–H and O–H groups in total. The maximum Gasteiger partial charge on any atom is 0.161 e. The Morgan fingerprint density at radius 1 is 1.56 bits per heavy atom. The molecule has 2 heterocycles. The van der Waals surface area contributed by atoms with Crippen LogP contribution in [0, 0.1) is 0 Å². The molecule has 1 aromatic rings. The Kier molecular flexibility index (Phi) is 3.68. The molecule has 0 amide bonds. The van der Waals surface area contributed by atoms with E-state index in [4.69, 9.17) is 0 Å². The lowest BCUT2D eigenvalue weighted by Gasteiger charge is -2.37. The van der Waals surface area contributed by atoms with E-state index in [0.717, 1.165) is 42.2 Å². The average Bonchev–Trinajstić information content (AvgIpc) is 2.71. The first-order chi connectivity index (χ1) is 7.69. The van der Waals surface area contributed by atoms with Crippen molar-refractivity contribution in [1.82, 2.24) is 14.8 Å². The largest absolute Gasteiger partial charge is 0.304 e. The Hall–Kier alpha value is -0.780. The van der Waals surface area contributed by atoms with Gasteiger partial charge in [0.15, 0.2) is 6.29 Å². The lowest BCUT2D eigenvalue weighted by Crippen LogP contribution is -2.50. The van der Waals surface area contributed by atoms with E-state index >= 15 is 0 Å². The van der Waals surface area contributed by atoms with Crippen molar-refractivity contribution < 1.29 is 4.79 Å². The molecule has 1 fully saturated rings. The fraction of sp³-hybridized carbons (Fsp3) is 0.636. The monoisotopic (exact) mass is 239 g/mol. The molecule has 1 aromatic heterocycles. The number of hydrogen-bond acceptors (Lipinski definition) is 5. The third-order valence-corrected chi connectivity index (χ3v) is 4.02. The highest BCUT2D eigenvalue weighted by Gasteiger charge is 2.23. The number of thiazole rings is 1. The molecule has 1 unspecified atom stereocenters. The highest BCUT2D eigenvalue weighted by molar-refractivity contribution is 7.13. The first kappa shape index (κ1) is 11.7. The number of aldehydes is 1. The van der Waals surface area contributed by atoms with Crippen LogP contribution in [0.2, 0.25) is 0 Å². The standard InChI is InChI=1S/C11H17N3OS/c1-13-3-4-14(2)9(7-13)5-11-12-6-10(8-15)16-11/h6,8-9H,3-5,7H2,1-2H3. The predicted molar refractivity (Wildman–Crippen MR) is 65.1 cm³/mol. The first-order valence-electron chi connectivity index (χ1n) is 5.47. The van der Waals surface area contributed by atoms with Crippen molar-refractivity contribution in [2.24, 2.45) is 0 Å². The molecule has 1 saturated heterocycles. The normalized spacial score (nSPS) is 23.5. The Labute approximate surface area is 99.9 Å². The minimum Gasteiger partial charge on any atom is -0.304 e. The Morgan fingerprint density at radius 2 is 2.38 bits per heavy atom. The zero-order chi connectivity index (χ0) is 11.5. The van der Waals surface area contributed by atoms with Gasteiger partial charge in [-0.1, -0.05) is 0 Å². The maximum atomic E-state index is 10.6. The molecule has 0 bridgehead atoms. The summed E-state index contributed by atoms with van der Waals surface area (Å²) in [6.07, 6.45) is 3.48. The molecule has 0 saturated carbocycles. The number of aromatic nitrogens is 1. The van der Waals surface area contributed by atoms with Gasteiger partial charge < -0.3 is 9.80 Å². The van der Waals surface area contributed by atoms with Gasteiger partial charge in [0.25, 0.3) is 0 Å². The maximum absolute atomic E-state index is 10.6. The Balaban J connectivity index is 1.99. The van der Waals surface area contributed by atoms with Gasteiger partial charge in [-0.2, -0.15) is 0 Å². The molecule has 0 aromatic carbocycles. The van der Waals surface area contributed by atoms with Crippen molar-refractivity contribution in [2.45, 2.75) is 12.5 Å². The van der Waals surface area contributed by atoms with E-state index in [1.807, 2.05) is 0 Å². The fourth-order valence-corrected chi connectivity index (χ4v) is 2.80. The van der Waals surface area contributed by atoms with Gasteiger partial charge in [0.1, 0.15) is 0 Å². The van der Waals surface area contributed by atoms with Crippen LogP contribution < -0.4 is 0 Å². The number of nitrogens with zero attached hydrogens (tertiary/aromatic N) is 3. The van der Waals surface area contributed by atoms with E-state index in [2.05, 4.69) is 28.9 Å². The smallest absolute Gasteiger partial charge is 0.161 e. The molecule has 88 valence electrons. The molecule has 2 rings (SSSR count). The Bertz CT molecular complexity index is 366. The summed E-state index contributed by atoms with van der Waals surface area (Å²) in [7, 11) is 4.31. The summed E-state index contributed by atoms with van der Waals surface area (Å²) in [5.74, 6) is 0. The van der Waals surface area contributed by atoms with Gasteiger partial charge in [-0.05, 0) is 14.1 Å². The third-order valence-electron chi connectivity index (χ3n) is 3.08. The summed E-state index contributed by atoms with van der Waals surface area (Å²) < 4.78 is 0. The van der Waals surface area contributed by atoms with E-state index in [1.54, 1.807) is 6.20 Å². The molecular formula is C11H17N3OS. The summed E-state index contributed by atoms with van der Waals surface area (Å²) in [6, 6.07) is 0.518. The second-order valence-corrected chi connectivity index (χ2v) is 5.52. The van der Waals surface area contributed by atoms with Gasteiger partial charge in [0.2, 0.25) is 0 Å². The van der Waals surface area contributed by atoms with Crippen LogP contribution in [-0.4, -0.2) is 60.8 Å². The lowest BCUT2D eigenvalue weighted by atomic mass is 10.1. The van der Waals surface area contributed by atoms with E-state index in [9.17, 15) is 4.79 Å². The quantitative estimate of drug-likeness (QED) is 0.729. The number of likely N-dealkylation sites (N-methyl/N-ethyl adjacent to an activating group) is 2. The summed E-state index contributed by atoms with van der Waals surface area (Å²) in [6.45, 7) is 3.31. The minimum atomic E-state index is 0.518. The Morgan fingerprint density at radius 3 is 3.06 bits per heavy atom. The highest BCUT2D eigenvalue weighted by atomic mass is 32.1. The molecular weight excluding hydrogens is 222 g/mol. The molecule has 1 atom stereocenters. The molecule has 5 heteroatoms. The second-order valence-electron chi connectivity index (χ2n) is 4.38.